The highest BCUT2D eigenvalue weighted by Gasteiger charge is 2.83. The van der Waals surface area contributed by atoms with E-state index in [9.17, 15) is 27.9 Å². The summed E-state index contributed by atoms with van der Waals surface area (Å²) in [7, 11) is 0. The van der Waals surface area contributed by atoms with Gasteiger partial charge in [-0.05, 0) is 135 Å². The Morgan fingerprint density at radius 3 is 2.54 bits per heavy atom. The Morgan fingerprint density at radius 2 is 1.87 bits per heavy atom. The van der Waals surface area contributed by atoms with Crippen LogP contribution in [-0.4, -0.2) is 47.5 Å². The summed E-state index contributed by atoms with van der Waals surface area (Å²) in [5, 5.41) is 13.7. The number of fused-ring (bicyclic) bond motifs is 2. The minimum Gasteiger partial charge on any atom is -0.438 e. The van der Waals surface area contributed by atoms with Crippen LogP contribution in [-0.2, 0) is 32.5 Å². The van der Waals surface area contributed by atoms with Crippen molar-refractivity contribution in [2.24, 2.45) is 46.8 Å². The number of benzene rings is 2. The van der Waals surface area contributed by atoms with E-state index in [1.54, 1.807) is 4.90 Å². The standard InChI is InChI=1S/C42H53ClF3N3O5/c1-3-26-21-29-36(41(29)22-31(26)41)23(2)27-12-16-49(17-13-27)38(51)34(20-25-18-30(42(44,45)46)37(47)32(43)19-25)53-35(50)9-8-24-10-14-40(15-11-24)28-6-4-5-7-33(28)48-39(52)54-40/h4-7,18-19,23-24,26-27,29,31,34-36,50H,3,8-17,20-22,47H2,1-2H3,(H,48,52)/t23?,24?,26?,29?,31?,34-,35?,36?,40?,41?/m1/s1. The second-order valence-corrected chi connectivity index (χ2v) is 17.8. The Bertz CT molecular complexity index is 1760. The van der Waals surface area contributed by atoms with E-state index in [4.69, 9.17) is 26.8 Å². The Morgan fingerprint density at radius 1 is 1.15 bits per heavy atom. The number of amides is 2. The molecule has 8 atom stereocenters. The highest BCUT2D eigenvalue weighted by molar-refractivity contribution is 6.33. The number of anilines is 2. The fourth-order valence-electron chi connectivity index (χ4n) is 11.8. The van der Waals surface area contributed by atoms with Crippen molar-refractivity contribution in [1.82, 2.24) is 4.90 Å². The van der Waals surface area contributed by atoms with E-state index in [-0.39, 0.29) is 35.3 Å². The normalized spacial score (nSPS) is 33.2. The third kappa shape index (κ3) is 6.78. The summed E-state index contributed by atoms with van der Waals surface area (Å²) >= 11 is 6.17. The van der Waals surface area contributed by atoms with Crippen molar-refractivity contribution in [1.29, 1.82) is 0 Å². The lowest BCUT2D eigenvalue weighted by Gasteiger charge is -2.43. The van der Waals surface area contributed by atoms with Crippen LogP contribution >= 0.6 is 11.6 Å². The summed E-state index contributed by atoms with van der Waals surface area (Å²) in [5.41, 5.74) is 5.91. The van der Waals surface area contributed by atoms with Crippen molar-refractivity contribution in [2.45, 2.75) is 115 Å². The number of nitrogens with zero attached hydrogens (tertiary/aromatic N) is 1. The number of hydrogen-bond donors (Lipinski definition) is 3. The fourth-order valence-corrected chi connectivity index (χ4v) is 12.1. The molecule has 8 rings (SSSR count). The predicted octanol–water partition coefficient (Wildman–Crippen LogP) is 9.17. The molecule has 4 saturated carbocycles. The van der Waals surface area contributed by atoms with Crippen molar-refractivity contribution in [2.75, 3.05) is 24.1 Å². The van der Waals surface area contributed by atoms with E-state index in [1.807, 2.05) is 24.3 Å². The van der Waals surface area contributed by atoms with Crippen LogP contribution in [0.5, 0.6) is 0 Å². The zero-order valence-electron chi connectivity index (χ0n) is 31.2. The number of aliphatic hydroxyl groups excluding tert-OH is 1. The molecule has 4 N–H and O–H groups in total. The lowest BCUT2D eigenvalue weighted by molar-refractivity contribution is -0.172. The van der Waals surface area contributed by atoms with Gasteiger partial charge in [0, 0.05) is 25.1 Å². The molecule has 2 aromatic carbocycles. The van der Waals surface area contributed by atoms with Crippen LogP contribution in [0, 0.1) is 46.8 Å². The molecule has 8 nitrogen and oxygen atoms in total. The number of rotatable bonds is 11. The fraction of sp³-hybridized carbons (Fsp3) is 0.667. The second-order valence-electron chi connectivity index (χ2n) is 17.4. The van der Waals surface area contributed by atoms with Crippen LogP contribution < -0.4 is 11.1 Å². The first-order valence-corrected chi connectivity index (χ1v) is 20.5. The van der Waals surface area contributed by atoms with Gasteiger partial charge in [0.15, 0.2) is 6.29 Å². The van der Waals surface area contributed by atoms with Gasteiger partial charge < -0.3 is 25.2 Å². The van der Waals surface area contributed by atoms with E-state index >= 15 is 0 Å². The van der Waals surface area contributed by atoms with E-state index < -0.39 is 41.5 Å². The van der Waals surface area contributed by atoms with Gasteiger partial charge in [0.2, 0.25) is 0 Å². The predicted molar refractivity (Wildman–Crippen MR) is 199 cm³/mol. The minimum atomic E-state index is -4.73. The zero-order chi connectivity index (χ0) is 38.2. The smallest absolute Gasteiger partial charge is 0.418 e. The Balaban J connectivity index is 0.904. The average Bonchev–Trinajstić information content (AvgIpc) is 4.02. The van der Waals surface area contributed by atoms with Crippen molar-refractivity contribution in [3.05, 3.63) is 58.1 Å². The molecule has 6 aliphatic rings. The zero-order valence-corrected chi connectivity index (χ0v) is 31.9. The molecule has 7 unspecified atom stereocenters. The Labute approximate surface area is 320 Å². The van der Waals surface area contributed by atoms with E-state index in [0.29, 0.717) is 49.6 Å². The maximum absolute atomic E-state index is 14.1. The molecule has 294 valence electrons. The van der Waals surface area contributed by atoms with Gasteiger partial charge in [-0.2, -0.15) is 13.2 Å². The lowest BCUT2D eigenvalue weighted by atomic mass is 9.73. The van der Waals surface area contributed by atoms with Gasteiger partial charge in [-0.1, -0.05) is 50.1 Å². The number of carbonyl (C=O) groups is 2. The molecule has 0 bridgehead atoms. The summed E-state index contributed by atoms with van der Waals surface area (Å²) < 4.78 is 53.6. The van der Waals surface area contributed by atoms with Crippen molar-refractivity contribution < 1.29 is 37.3 Å². The highest BCUT2D eigenvalue weighted by Crippen LogP contribution is 2.88. The first kappa shape index (κ1) is 37.9. The van der Waals surface area contributed by atoms with Gasteiger partial charge in [-0.25, -0.2) is 4.79 Å². The number of hydrogen-bond acceptors (Lipinski definition) is 6. The number of piperidine rings is 1. The van der Waals surface area contributed by atoms with Crippen molar-refractivity contribution in [3.63, 3.8) is 0 Å². The highest BCUT2D eigenvalue weighted by atomic mass is 35.5. The van der Waals surface area contributed by atoms with E-state index in [1.165, 1.54) is 25.3 Å². The minimum absolute atomic E-state index is 0.161. The molecule has 2 amide bonds. The third-order valence-electron chi connectivity index (χ3n) is 14.7. The molecule has 2 aromatic rings. The number of aliphatic hydroxyl groups is 1. The molecule has 12 heteroatoms. The summed E-state index contributed by atoms with van der Waals surface area (Å²) in [6, 6.07) is 9.95. The van der Waals surface area contributed by atoms with Crippen LogP contribution in [0.3, 0.4) is 0 Å². The number of para-hydroxylation sites is 1. The summed E-state index contributed by atoms with van der Waals surface area (Å²) in [5.74, 6) is 4.57. The number of halogens is 4. The number of nitrogen functional groups attached to an aromatic ring is 1. The number of alkyl halides is 3. The summed E-state index contributed by atoms with van der Waals surface area (Å²) in [4.78, 5) is 28.3. The number of ether oxygens (including phenoxy) is 2. The molecule has 4 aliphatic carbocycles. The topological polar surface area (TPSA) is 114 Å². The molecular formula is C42H53ClF3N3O5. The molecule has 0 radical (unpaired) electrons. The van der Waals surface area contributed by atoms with Gasteiger partial charge in [0.05, 0.1) is 22.0 Å². The van der Waals surface area contributed by atoms with E-state index in [0.717, 1.165) is 66.7 Å². The van der Waals surface area contributed by atoms with Gasteiger partial charge in [-0.3, -0.25) is 10.1 Å². The van der Waals surface area contributed by atoms with Crippen molar-refractivity contribution in [3.8, 4) is 0 Å². The van der Waals surface area contributed by atoms with Crippen LogP contribution in [0.15, 0.2) is 36.4 Å². The maximum Gasteiger partial charge on any atom is 0.418 e. The summed E-state index contributed by atoms with van der Waals surface area (Å²) in [6.07, 6.45) is 1.67. The van der Waals surface area contributed by atoms with Crippen LogP contribution in [0.2, 0.25) is 5.02 Å². The summed E-state index contributed by atoms with van der Waals surface area (Å²) in [6.45, 7) is 5.84. The number of nitrogens with one attached hydrogen (secondary N) is 1. The van der Waals surface area contributed by atoms with Gasteiger partial charge >= 0.3 is 12.3 Å². The van der Waals surface area contributed by atoms with Crippen LogP contribution in [0.25, 0.3) is 0 Å². The molecule has 2 aliphatic heterocycles. The van der Waals surface area contributed by atoms with Crippen LogP contribution in [0.4, 0.5) is 29.3 Å². The molecular weight excluding hydrogens is 719 g/mol. The van der Waals surface area contributed by atoms with Gasteiger partial charge in [0.1, 0.15) is 11.7 Å². The van der Waals surface area contributed by atoms with Gasteiger partial charge in [0.25, 0.3) is 5.91 Å². The Hall–Kier alpha value is -3.02. The number of carbonyl (C=O) groups excluding carboxylic acids is 2. The number of likely N-dealkylation sites (tertiary alicyclic amines) is 1. The molecule has 0 aromatic heterocycles. The quantitative estimate of drug-likeness (QED) is 0.155. The van der Waals surface area contributed by atoms with Crippen molar-refractivity contribution >= 4 is 35.0 Å². The first-order chi connectivity index (χ1) is 25.7. The molecule has 5 fully saturated rings. The second kappa shape index (κ2) is 14.2. The molecule has 2 spiro atoms. The molecule has 54 heavy (non-hydrogen) atoms. The molecule has 1 saturated heterocycles. The number of nitrogens with two attached hydrogens (primary N) is 1. The Kier molecular flexibility index (Phi) is 9.94. The lowest BCUT2D eigenvalue weighted by Crippen LogP contribution is -2.47. The third-order valence-corrected chi connectivity index (χ3v) is 15.1. The average molecular weight is 772 g/mol. The largest absolute Gasteiger partial charge is 0.438 e. The molecule has 2 heterocycles. The van der Waals surface area contributed by atoms with Crippen LogP contribution in [0.1, 0.15) is 101 Å². The van der Waals surface area contributed by atoms with Gasteiger partial charge in [-0.15, -0.1) is 0 Å². The SMILES string of the molecule is CCC1CC2C(C(C)C3CCN(C(=O)[C@@H](Cc4cc(Cl)c(N)c(C(F)(F)F)c4)OC(O)CCC4CCC5(CC4)OC(=O)Nc4ccccc45)CC3)C23CC13. The maximum atomic E-state index is 14.1. The first-order valence-electron chi connectivity index (χ1n) is 20.1. The monoisotopic (exact) mass is 771 g/mol. The van der Waals surface area contributed by atoms with E-state index in [2.05, 4.69) is 19.2 Å².